The average Bonchev–Trinajstić information content (AvgIpc) is 2.72. The Balaban J connectivity index is -0.000000400. The standard InChI is InChI=1S/C20H41NO3.C3H8.CH4N2O.CH5N/c1-9-11-18(2,3)16-17(22)21-14-10-12-20(6,7)24-15-13-19(4,5)23-8;1-3-2;2-3-1-4;1-2/h9-16H2,1-8H3,(H,21,22);3H2,1-2H3;1H,2H2,(H,3,4);2H2,1H3. The highest BCUT2D eigenvalue weighted by molar-refractivity contribution is 5.76. The molecule has 0 aliphatic heterocycles. The lowest BCUT2D eigenvalue weighted by molar-refractivity contribution is -0.123. The number of amides is 2. The molecule has 0 rings (SSSR count). The first kappa shape index (κ1) is 39.0. The van der Waals surface area contributed by atoms with Crippen LogP contribution in [-0.2, 0) is 19.1 Å². The zero-order chi connectivity index (χ0) is 27.0. The minimum absolute atomic E-state index is 0.0926. The molecule has 0 fully saturated rings. The average molecular weight is 479 g/mol. The Kier molecular flexibility index (Phi) is 28.3. The predicted octanol–water partition coefficient (Wildman–Crippen LogP) is 4.31. The first-order chi connectivity index (χ1) is 15.3. The molecule has 0 spiro atoms. The fraction of sp³-hybridized carbons (Fsp3) is 0.920. The molecule has 0 radical (unpaired) electrons. The molecule has 0 heterocycles. The normalized spacial score (nSPS) is 10.9. The topological polar surface area (TPSA) is 129 Å². The maximum Gasteiger partial charge on any atom is 0.221 e. The van der Waals surface area contributed by atoms with Crippen LogP contribution in [0.2, 0.25) is 0 Å². The number of ether oxygens (including phenoxy) is 2. The van der Waals surface area contributed by atoms with Crippen LogP contribution >= 0.6 is 0 Å². The molecule has 0 saturated carbocycles. The van der Waals surface area contributed by atoms with Crippen molar-refractivity contribution < 1.29 is 19.1 Å². The van der Waals surface area contributed by atoms with E-state index >= 15 is 0 Å². The van der Waals surface area contributed by atoms with E-state index in [2.05, 4.69) is 79.2 Å². The molecule has 0 bridgehead atoms. The maximum atomic E-state index is 12.0. The Hall–Kier alpha value is -1.22. The number of nitrogens with two attached hydrogens (primary N) is 2. The van der Waals surface area contributed by atoms with Crippen LogP contribution in [0.5, 0.6) is 0 Å². The second-order valence-electron chi connectivity index (χ2n) is 9.86. The van der Waals surface area contributed by atoms with Crippen LogP contribution in [0.4, 0.5) is 0 Å². The van der Waals surface area contributed by atoms with E-state index in [1.165, 1.54) is 13.5 Å². The van der Waals surface area contributed by atoms with Crippen LogP contribution < -0.4 is 22.3 Å². The van der Waals surface area contributed by atoms with Crippen LogP contribution in [-0.4, -0.2) is 50.8 Å². The van der Waals surface area contributed by atoms with E-state index < -0.39 is 0 Å². The summed E-state index contributed by atoms with van der Waals surface area (Å²) >= 11 is 0. The molecular weight excluding hydrogens is 420 g/mol. The zero-order valence-corrected chi connectivity index (χ0v) is 23.7. The van der Waals surface area contributed by atoms with Crippen molar-refractivity contribution in [1.29, 1.82) is 0 Å². The summed E-state index contributed by atoms with van der Waals surface area (Å²) < 4.78 is 11.4. The van der Waals surface area contributed by atoms with Crippen molar-refractivity contribution in [3.8, 4) is 0 Å². The maximum absolute atomic E-state index is 12.0. The van der Waals surface area contributed by atoms with E-state index in [9.17, 15) is 4.79 Å². The van der Waals surface area contributed by atoms with E-state index in [0.717, 1.165) is 38.6 Å². The number of carbonyl (C=O) groups is 2. The lowest BCUT2D eigenvalue weighted by Gasteiger charge is -2.29. The number of hydrogen-bond donors (Lipinski definition) is 4. The van der Waals surface area contributed by atoms with Gasteiger partial charge in [0, 0.05) is 20.1 Å². The summed E-state index contributed by atoms with van der Waals surface area (Å²) in [5.41, 5.74) is 6.03. The molecule has 0 aliphatic carbocycles. The van der Waals surface area contributed by atoms with Gasteiger partial charge in [0.2, 0.25) is 12.3 Å². The van der Waals surface area contributed by atoms with Crippen LogP contribution in [0, 0.1) is 5.41 Å². The molecule has 0 aromatic heterocycles. The van der Waals surface area contributed by atoms with Gasteiger partial charge in [-0.2, -0.15) is 0 Å². The Labute approximate surface area is 205 Å². The summed E-state index contributed by atoms with van der Waals surface area (Å²) in [5.74, 6) is 4.57. The second kappa shape index (κ2) is 23.9. The number of methoxy groups -OCH3 is 1. The molecule has 0 aromatic carbocycles. The van der Waals surface area contributed by atoms with Gasteiger partial charge in [0.15, 0.2) is 0 Å². The van der Waals surface area contributed by atoms with E-state index in [1.54, 1.807) is 12.5 Å². The molecule has 6 N–H and O–H groups in total. The predicted molar refractivity (Wildman–Crippen MR) is 141 cm³/mol. The molecule has 202 valence electrons. The van der Waals surface area contributed by atoms with Gasteiger partial charge >= 0.3 is 0 Å². The highest BCUT2D eigenvalue weighted by Gasteiger charge is 2.23. The van der Waals surface area contributed by atoms with Crippen LogP contribution in [0.3, 0.4) is 0 Å². The zero-order valence-electron chi connectivity index (χ0n) is 23.7. The molecule has 0 atom stereocenters. The number of carbonyl (C=O) groups excluding carboxylic acids is 2. The van der Waals surface area contributed by atoms with Crippen LogP contribution in [0.25, 0.3) is 0 Å². The highest BCUT2D eigenvalue weighted by atomic mass is 16.5. The third-order valence-corrected chi connectivity index (χ3v) is 4.66. The summed E-state index contributed by atoms with van der Waals surface area (Å²) in [6.45, 7) is 20.5. The first-order valence-corrected chi connectivity index (χ1v) is 12.2. The molecule has 33 heavy (non-hydrogen) atoms. The fourth-order valence-electron chi connectivity index (χ4n) is 2.75. The minimum atomic E-state index is -0.171. The van der Waals surface area contributed by atoms with Gasteiger partial charge in [-0.1, -0.05) is 47.5 Å². The van der Waals surface area contributed by atoms with Crippen molar-refractivity contribution in [1.82, 2.24) is 10.7 Å². The first-order valence-electron chi connectivity index (χ1n) is 12.2. The smallest absolute Gasteiger partial charge is 0.221 e. The lowest BCUT2D eigenvalue weighted by atomic mass is 9.84. The van der Waals surface area contributed by atoms with Crippen LogP contribution in [0.15, 0.2) is 0 Å². The van der Waals surface area contributed by atoms with E-state index in [0.29, 0.717) is 19.4 Å². The van der Waals surface area contributed by atoms with Crippen molar-refractivity contribution in [3.05, 3.63) is 0 Å². The Morgan fingerprint density at radius 1 is 0.939 bits per heavy atom. The molecule has 8 nitrogen and oxygen atoms in total. The lowest BCUT2D eigenvalue weighted by Crippen LogP contribution is -2.32. The quantitative estimate of drug-likeness (QED) is 0.0968. The molecule has 0 saturated heterocycles. The van der Waals surface area contributed by atoms with E-state index in [4.69, 9.17) is 14.3 Å². The number of nitrogens with one attached hydrogen (secondary N) is 2. The largest absolute Gasteiger partial charge is 0.379 e. The molecule has 0 unspecified atom stereocenters. The van der Waals surface area contributed by atoms with Crippen molar-refractivity contribution in [2.24, 2.45) is 17.0 Å². The van der Waals surface area contributed by atoms with E-state index in [-0.39, 0.29) is 22.5 Å². The Morgan fingerprint density at radius 2 is 1.42 bits per heavy atom. The third kappa shape index (κ3) is 33.0. The van der Waals surface area contributed by atoms with Gasteiger partial charge in [0.25, 0.3) is 0 Å². The van der Waals surface area contributed by atoms with Gasteiger partial charge in [0.1, 0.15) is 0 Å². The summed E-state index contributed by atoms with van der Waals surface area (Å²) in [7, 11) is 3.23. The van der Waals surface area contributed by atoms with Gasteiger partial charge in [0.05, 0.1) is 17.8 Å². The molecular formula is C25H58N4O4. The molecule has 0 aliphatic rings. The van der Waals surface area contributed by atoms with Gasteiger partial charge in [-0.05, 0) is 65.8 Å². The van der Waals surface area contributed by atoms with Crippen molar-refractivity contribution in [2.45, 2.75) is 118 Å². The number of hydrogen-bond acceptors (Lipinski definition) is 6. The van der Waals surface area contributed by atoms with Gasteiger partial charge in [-0.15, -0.1) is 0 Å². The minimum Gasteiger partial charge on any atom is -0.379 e. The summed E-state index contributed by atoms with van der Waals surface area (Å²) in [5, 5.41) is 3.04. The molecule has 2 amide bonds. The Morgan fingerprint density at radius 3 is 1.82 bits per heavy atom. The summed E-state index contributed by atoms with van der Waals surface area (Å²) in [4.78, 5) is 21.0. The fourth-order valence-corrected chi connectivity index (χ4v) is 2.75. The van der Waals surface area contributed by atoms with Gasteiger partial charge in [-0.25, -0.2) is 5.84 Å². The monoisotopic (exact) mass is 478 g/mol. The third-order valence-electron chi connectivity index (χ3n) is 4.66. The Bertz CT molecular complexity index is 442. The summed E-state index contributed by atoms with van der Waals surface area (Å²) in [6.07, 6.45) is 7.19. The van der Waals surface area contributed by atoms with Crippen molar-refractivity contribution >= 4 is 12.3 Å². The van der Waals surface area contributed by atoms with Crippen molar-refractivity contribution in [3.63, 3.8) is 0 Å². The van der Waals surface area contributed by atoms with Crippen LogP contribution in [0.1, 0.15) is 107 Å². The SMILES string of the molecule is CCC.CCCC(C)(C)CC(=O)NCCCC(C)(C)OCCC(C)(C)OC.CN.NNC=O. The van der Waals surface area contributed by atoms with Gasteiger partial charge in [-0.3, -0.25) is 15.0 Å². The summed E-state index contributed by atoms with van der Waals surface area (Å²) in [6, 6.07) is 0. The van der Waals surface area contributed by atoms with E-state index in [1.807, 2.05) is 0 Å². The van der Waals surface area contributed by atoms with Crippen molar-refractivity contribution in [2.75, 3.05) is 27.3 Å². The number of hydrazine groups is 1. The number of rotatable bonds is 14. The molecule has 0 aromatic rings. The second-order valence-corrected chi connectivity index (χ2v) is 9.86. The van der Waals surface area contributed by atoms with Gasteiger partial charge < -0.3 is 20.5 Å². The molecule has 8 heteroatoms. The highest BCUT2D eigenvalue weighted by Crippen LogP contribution is 2.26.